The van der Waals surface area contributed by atoms with Gasteiger partial charge in [0.25, 0.3) is 0 Å². The van der Waals surface area contributed by atoms with Crippen LogP contribution < -0.4 is 20.3 Å². The molecule has 28 heavy (non-hydrogen) atoms. The van der Waals surface area contributed by atoms with E-state index in [1.165, 1.54) is 12.5 Å². The Balaban J connectivity index is 1.57. The molecule has 2 N–H and O–H groups in total. The lowest BCUT2D eigenvalue weighted by Crippen LogP contribution is -2.30. The van der Waals surface area contributed by atoms with Gasteiger partial charge < -0.3 is 25.0 Å². The van der Waals surface area contributed by atoms with Crippen LogP contribution in [0.5, 0.6) is 5.75 Å². The summed E-state index contributed by atoms with van der Waals surface area (Å²) < 4.78 is 24.9. The monoisotopic (exact) mass is 387 g/mol. The van der Waals surface area contributed by atoms with E-state index in [1.807, 2.05) is 0 Å². The summed E-state index contributed by atoms with van der Waals surface area (Å²) in [5, 5.41) is 5.39. The van der Waals surface area contributed by atoms with Crippen LogP contribution in [0.3, 0.4) is 0 Å². The largest absolute Gasteiger partial charge is 0.491 e. The van der Waals surface area contributed by atoms with E-state index in [9.17, 15) is 9.18 Å². The van der Waals surface area contributed by atoms with Gasteiger partial charge in [-0.2, -0.15) is 0 Å². The lowest BCUT2D eigenvalue weighted by atomic mass is 10.1. The van der Waals surface area contributed by atoms with Gasteiger partial charge in [-0.3, -0.25) is 0 Å². The fourth-order valence-corrected chi connectivity index (χ4v) is 3.18. The highest BCUT2D eigenvalue weighted by molar-refractivity contribution is 5.99. The standard InChI is InChI=1S/C21H26FN3O3/c1-27-12-13-28-18-7-5-6-16(14-18)23-21(26)24-17-8-9-20(19(22)15-17)25-10-3-2-4-11-25/h5-9,14-15H,2-4,10-13H2,1H3,(H2,23,24,26). The number of hydrogen-bond acceptors (Lipinski definition) is 4. The van der Waals surface area contributed by atoms with E-state index < -0.39 is 6.03 Å². The number of amides is 2. The number of halogens is 1. The Morgan fingerprint density at radius 1 is 1.04 bits per heavy atom. The number of carbonyl (C=O) groups excluding carboxylic acids is 1. The molecule has 1 saturated heterocycles. The van der Waals surface area contributed by atoms with Crippen molar-refractivity contribution in [1.82, 2.24) is 0 Å². The van der Waals surface area contributed by atoms with Gasteiger partial charge in [0.2, 0.25) is 0 Å². The second kappa shape index (κ2) is 9.94. The maximum Gasteiger partial charge on any atom is 0.323 e. The predicted octanol–water partition coefficient (Wildman–Crippen LogP) is 4.49. The van der Waals surface area contributed by atoms with Gasteiger partial charge in [0.05, 0.1) is 12.3 Å². The smallest absolute Gasteiger partial charge is 0.323 e. The zero-order valence-corrected chi connectivity index (χ0v) is 16.0. The molecule has 3 rings (SSSR count). The number of urea groups is 1. The van der Waals surface area contributed by atoms with Crippen molar-refractivity contribution in [3.05, 3.63) is 48.3 Å². The van der Waals surface area contributed by atoms with Crippen LogP contribution in [0.15, 0.2) is 42.5 Å². The van der Waals surface area contributed by atoms with E-state index >= 15 is 0 Å². The third-order valence-corrected chi connectivity index (χ3v) is 4.55. The van der Waals surface area contributed by atoms with Crippen LogP contribution in [0.4, 0.5) is 26.2 Å². The fraction of sp³-hybridized carbons (Fsp3) is 0.381. The molecule has 7 heteroatoms. The summed E-state index contributed by atoms with van der Waals surface area (Å²) in [5.41, 5.74) is 1.58. The summed E-state index contributed by atoms with van der Waals surface area (Å²) in [6.07, 6.45) is 3.35. The molecule has 2 amide bonds. The number of hydrogen-bond donors (Lipinski definition) is 2. The lowest BCUT2D eigenvalue weighted by molar-refractivity contribution is 0.146. The fourth-order valence-electron chi connectivity index (χ4n) is 3.18. The quantitative estimate of drug-likeness (QED) is 0.688. The topological polar surface area (TPSA) is 62.8 Å². The van der Waals surface area contributed by atoms with Crippen LogP contribution in [0.1, 0.15) is 19.3 Å². The maximum absolute atomic E-state index is 14.5. The summed E-state index contributed by atoms with van der Waals surface area (Å²) in [4.78, 5) is 14.3. The van der Waals surface area contributed by atoms with E-state index in [0.717, 1.165) is 25.9 Å². The normalized spacial score (nSPS) is 13.9. The van der Waals surface area contributed by atoms with Crippen molar-refractivity contribution in [2.24, 2.45) is 0 Å². The molecule has 0 saturated carbocycles. The molecule has 0 atom stereocenters. The van der Waals surface area contributed by atoms with Gasteiger partial charge in [-0.25, -0.2) is 9.18 Å². The maximum atomic E-state index is 14.5. The van der Waals surface area contributed by atoms with Crippen molar-refractivity contribution in [2.45, 2.75) is 19.3 Å². The van der Waals surface area contributed by atoms with Crippen molar-refractivity contribution >= 4 is 23.1 Å². The SMILES string of the molecule is COCCOc1cccc(NC(=O)Nc2ccc(N3CCCCC3)c(F)c2)c1. The van der Waals surface area contributed by atoms with Crippen molar-refractivity contribution in [3.63, 3.8) is 0 Å². The van der Waals surface area contributed by atoms with Crippen molar-refractivity contribution in [3.8, 4) is 5.75 Å². The Kier molecular flexibility index (Phi) is 7.08. The molecule has 0 spiro atoms. The van der Waals surface area contributed by atoms with Crippen molar-refractivity contribution < 1.29 is 18.7 Å². The molecule has 1 heterocycles. The molecule has 6 nitrogen and oxygen atoms in total. The average Bonchev–Trinajstić information content (AvgIpc) is 2.69. The van der Waals surface area contributed by atoms with Gasteiger partial charge in [-0.05, 0) is 49.6 Å². The molecule has 0 bridgehead atoms. The third-order valence-electron chi connectivity index (χ3n) is 4.55. The first-order valence-electron chi connectivity index (χ1n) is 9.50. The average molecular weight is 387 g/mol. The van der Waals surface area contributed by atoms with Crippen molar-refractivity contribution in [2.75, 3.05) is 48.9 Å². The van der Waals surface area contributed by atoms with E-state index in [4.69, 9.17) is 9.47 Å². The number of ether oxygens (including phenoxy) is 2. The zero-order chi connectivity index (χ0) is 19.8. The second-order valence-corrected chi connectivity index (χ2v) is 6.66. The number of carbonyl (C=O) groups is 1. The number of nitrogens with zero attached hydrogens (tertiary/aromatic N) is 1. The molecule has 2 aromatic rings. The number of nitrogens with one attached hydrogen (secondary N) is 2. The van der Waals surface area contributed by atoms with Gasteiger partial charge in [0.1, 0.15) is 18.2 Å². The van der Waals surface area contributed by atoms with E-state index in [2.05, 4.69) is 15.5 Å². The van der Waals surface area contributed by atoms with E-state index in [1.54, 1.807) is 43.5 Å². The molecule has 0 unspecified atom stereocenters. The minimum absolute atomic E-state index is 0.326. The van der Waals surface area contributed by atoms with Gasteiger partial charge in [0.15, 0.2) is 0 Å². The van der Waals surface area contributed by atoms with Gasteiger partial charge in [-0.15, -0.1) is 0 Å². The van der Waals surface area contributed by atoms with Crippen LogP contribution in [0.25, 0.3) is 0 Å². The number of methoxy groups -OCH3 is 1. The van der Waals surface area contributed by atoms with Gasteiger partial charge in [-0.1, -0.05) is 6.07 Å². The van der Waals surface area contributed by atoms with Crippen LogP contribution in [0.2, 0.25) is 0 Å². The highest BCUT2D eigenvalue weighted by atomic mass is 19.1. The summed E-state index contributed by atoms with van der Waals surface area (Å²) in [7, 11) is 1.60. The number of rotatable bonds is 7. The number of benzene rings is 2. The molecule has 150 valence electrons. The Morgan fingerprint density at radius 3 is 2.50 bits per heavy atom. The van der Waals surface area contributed by atoms with Crippen LogP contribution >= 0.6 is 0 Å². The predicted molar refractivity (Wildman–Crippen MR) is 109 cm³/mol. The third kappa shape index (κ3) is 5.60. The van der Waals surface area contributed by atoms with Gasteiger partial charge in [0, 0.05) is 37.6 Å². The Labute approximate surface area is 164 Å². The molecule has 0 aromatic heterocycles. The summed E-state index contributed by atoms with van der Waals surface area (Å²) in [5.74, 6) is 0.306. The number of anilines is 3. The molecular weight excluding hydrogens is 361 g/mol. The summed E-state index contributed by atoms with van der Waals surface area (Å²) >= 11 is 0. The Hall–Kier alpha value is -2.80. The number of piperidine rings is 1. The highest BCUT2D eigenvalue weighted by Gasteiger charge is 2.15. The molecule has 1 aliphatic heterocycles. The summed E-state index contributed by atoms with van der Waals surface area (Å²) in [6.45, 7) is 2.64. The Morgan fingerprint density at radius 2 is 1.79 bits per heavy atom. The Bertz CT molecular complexity index is 794. The van der Waals surface area contributed by atoms with Crippen LogP contribution in [0, 0.1) is 5.82 Å². The molecule has 1 aliphatic rings. The van der Waals surface area contributed by atoms with Gasteiger partial charge >= 0.3 is 6.03 Å². The first-order valence-corrected chi connectivity index (χ1v) is 9.50. The molecule has 0 radical (unpaired) electrons. The lowest BCUT2D eigenvalue weighted by Gasteiger charge is -2.29. The van der Waals surface area contributed by atoms with Crippen molar-refractivity contribution in [1.29, 1.82) is 0 Å². The second-order valence-electron chi connectivity index (χ2n) is 6.66. The minimum atomic E-state index is -0.445. The van der Waals surface area contributed by atoms with E-state index in [-0.39, 0.29) is 5.82 Å². The van der Waals surface area contributed by atoms with Crippen LogP contribution in [-0.2, 0) is 4.74 Å². The van der Waals surface area contributed by atoms with Crippen LogP contribution in [-0.4, -0.2) is 39.4 Å². The molecular formula is C21H26FN3O3. The highest BCUT2D eigenvalue weighted by Crippen LogP contribution is 2.26. The summed E-state index contributed by atoms with van der Waals surface area (Å²) in [6, 6.07) is 11.4. The van der Waals surface area contributed by atoms with E-state index in [0.29, 0.717) is 36.0 Å². The first kappa shape index (κ1) is 19.9. The molecule has 1 fully saturated rings. The molecule has 2 aromatic carbocycles. The molecule has 0 aliphatic carbocycles. The zero-order valence-electron chi connectivity index (χ0n) is 16.0. The first-order chi connectivity index (χ1) is 13.7. The minimum Gasteiger partial charge on any atom is -0.491 e.